The zero-order valence-electron chi connectivity index (χ0n) is 41.8. The fourth-order valence-corrected chi connectivity index (χ4v) is 8.19. The fraction of sp³-hybridized carbons (Fsp3) is 0.316. The monoisotopic (exact) mass is 1030 g/mol. The molecule has 7 heteroatoms. The number of hydrogen-bond acceptors (Lipinski definition) is 5. The van der Waals surface area contributed by atoms with Gasteiger partial charge in [-0.25, -0.2) is 4.98 Å². The molecule has 0 aliphatic rings. The third kappa shape index (κ3) is 9.08. The number of aryl methyl sites for hydroxylation is 1. The summed E-state index contributed by atoms with van der Waals surface area (Å²) in [6, 6.07) is 33.1. The van der Waals surface area contributed by atoms with Crippen LogP contribution in [0.4, 0.5) is 4.39 Å². The number of furan rings is 2. The van der Waals surface area contributed by atoms with Crippen LogP contribution in [-0.2, 0) is 30.9 Å². The van der Waals surface area contributed by atoms with Crippen LogP contribution in [0.5, 0.6) is 0 Å². The molecule has 9 rings (SSSR count). The van der Waals surface area contributed by atoms with Gasteiger partial charge < -0.3 is 13.8 Å². The molecule has 0 N–H and O–H groups in total. The van der Waals surface area contributed by atoms with Crippen LogP contribution < -0.4 is 0 Å². The number of pyridine rings is 1. The standard InChI is InChI=1S/C42H43N2O2.C15H15FN.Ir/c1-22(2)27-16-29(23(3)4)40(30(17-27)24(5)6)26-12-14-35-31(15-26)32-18-37-33(19-36(32)45-35)39-25(7)11-13-28(41(39)46-37)34-20-38(42(8,9)10)44-21-43-34;1-15(2,3)12-6-9-14(17-10-12)11-4-7-13(16)8-5-11;/h11-12,14-24H,1-10H3;4,6-10H,1-3H3;/q2*-1;/i7D3;;. The van der Waals surface area contributed by atoms with Gasteiger partial charge in [-0.2, -0.15) is 0 Å². The molecule has 4 heterocycles. The van der Waals surface area contributed by atoms with Gasteiger partial charge in [0.1, 0.15) is 23.1 Å². The number of benzene rings is 5. The van der Waals surface area contributed by atoms with Crippen molar-refractivity contribution in [2.24, 2.45) is 0 Å². The number of aromatic nitrogens is 3. The summed E-state index contributed by atoms with van der Waals surface area (Å²) in [6.45, 7) is 23.9. The molecule has 64 heavy (non-hydrogen) atoms. The van der Waals surface area contributed by atoms with Gasteiger partial charge in [-0.05, 0) is 92.2 Å². The summed E-state index contributed by atoms with van der Waals surface area (Å²) in [5, 5.41) is 3.11. The van der Waals surface area contributed by atoms with E-state index >= 15 is 0 Å². The minimum absolute atomic E-state index is 0. The topological polar surface area (TPSA) is 65.0 Å². The average molecular weight is 1030 g/mol. The van der Waals surface area contributed by atoms with Crippen LogP contribution in [0.15, 0.2) is 106 Å². The molecule has 0 atom stereocenters. The van der Waals surface area contributed by atoms with Crippen LogP contribution >= 0.6 is 0 Å². The normalized spacial score (nSPS) is 13.1. The average Bonchev–Trinajstić information content (AvgIpc) is 3.81. The maximum atomic E-state index is 12.8. The van der Waals surface area contributed by atoms with Crippen molar-refractivity contribution in [2.45, 2.75) is 119 Å². The molecule has 0 saturated carbocycles. The molecule has 5 nitrogen and oxygen atoms in total. The van der Waals surface area contributed by atoms with Crippen molar-refractivity contribution in [1.29, 1.82) is 0 Å². The Balaban J connectivity index is 0.000000312. The van der Waals surface area contributed by atoms with Gasteiger partial charge in [-0.15, -0.1) is 47.5 Å². The van der Waals surface area contributed by atoms with Gasteiger partial charge in [-0.1, -0.05) is 137 Å². The van der Waals surface area contributed by atoms with E-state index in [4.69, 9.17) is 12.9 Å². The summed E-state index contributed by atoms with van der Waals surface area (Å²) < 4.78 is 50.9. The van der Waals surface area contributed by atoms with Crippen molar-refractivity contribution < 1.29 is 37.4 Å². The largest absolute Gasteiger partial charge is 0.501 e. The number of nitrogens with zero attached hydrogens (tertiary/aromatic N) is 3. The Morgan fingerprint density at radius 1 is 0.641 bits per heavy atom. The van der Waals surface area contributed by atoms with Crippen molar-refractivity contribution in [2.75, 3.05) is 0 Å². The number of rotatable bonds is 6. The molecule has 0 aliphatic carbocycles. The van der Waals surface area contributed by atoms with Gasteiger partial charge in [0.2, 0.25) is 0 Å². The van der Waals surface area contributed by atoms with E-state index in [0.717, 1.165) is 38.9 Å². The van der Waals surface area contributed by atoms with Gasteiger partial charge in [-0.3, -0.25) is 9.37 Å². The Kier molecular flexibility index (Phi) is 11.8. The first-order valence-corrected chi connectivity index (χ1v) is 21.9. The Morgan fingerprint density at radius 3 is 1.92 bits per heavy atom. The minimum Gasteiger partial charge on any atom is -0.501 e. The molecule has 0 spiro atoms. The molecule has 0 unspecified atom stereocenters. The summed E-state index contributed by atoms with van der Waals surface area (Å²) in [7, 11) is 0. The molecule has 331 valence electrons. The Bertz CT molecular complexity index is 3210. The third-order valence-electron chi connectivity index (χ3n) is 11.9. The predicted molar refractivity (Wildman–Crippen MR) is 259 cm³/mol. The van der Waals surface area contributed by atoms with Crippen LogP contribution in [0.25, 0.3) is 77.5 Å². The second kappa shape index (κ2) is 17.8. The Labute approximate surface area is 395 Å². The minimum atomic E-state index is -2.38. The van der Waals surface area contributed by atoms with Crippen LogP contribution in [0, 0.1) is 24.8 Å². The summed E-state index contributed by atoms with van der Waals surface area (Å²) >= 11 is 0. The first-order valence-electron chi connectivity index (χ1n) is 23.4. The number of fused-ring (bicyclic) bond motifs is 6. The van der Waals surface area contributed by atoms with E-state index < -0.39 is 6.85 Å². The molecule has 0 bridgehead atoms. The van der Waals surface area contributed by atoms with Gasteiger partial charge >= 0.3 is 0 Å². The second-order valence-corrected chi connectivity index (χ2v) is 19.7. The van der Waals surface area contributed by atoms with Crippen molar-refractivity contribution in [1.82, 2.24) is 15.0 Å². The number of hydrogen-bond donors (Lipinski definition) is 0. The van der Waals surface area contributed by atoms with E-state index in [0.29, 0.717) is 56.5 Å². The van der Waals surface area contributed by atoms with Gasteiger partial charge in [0, 0.05) is 63.5 Å². The maximum Gasteiger partial charge on any atom is 0.136 e. The van der Waals surface area contributed by atoms with Crippen molar-refractivity contribution in [3.05, 3.63) is 149 Å². The molecule has 0 amide bonds. The zero-order valence-corrected chi connectivity index (χ0v) is 41.2. The van der Waals surface area contributed by atoms with E-state index in [1.54, 1.807) is 18.5 Å². The SMILES string of the molecule is CC(C)(C)c1ccc(-c2[c-]cc(F)cc2)nc1.[2H]C([2H])([2H])c1c[c-]c(-c2cc(C(C)(C)C)ncn2)c2oc3cc4c(cc3c12)oc1ccc(-c2c(C(C)C)cc(C(C)C)cc2C(C)C)cc14.[Ir]. The van der Waals surface area contributed by atoms with Gasteiger partial charge in [0.25, 0.3) is 0 Å². The first kappa shape index (κ1) is 42.5. The zero-order chi connectivity index (χ0) is 47.6. The number of halogens is 1. The molecule has 9 aromatic rings. The van der Waals surface area contributed by atoms with E-state index in [1.165, 1.54) is 39.9 Å². The molecular weight excluding hydrogens is 970 g/mol. The van der Waals surface area contributed by atoms with Crippen LogP contribution in [-0.4, -0.2) is 15.0 Å². The van der Waals surface area contributed by atoms with Crippen LogP contribution in [0.1, 0.15) is 138 Å². The quantitative estimate of drug-likeness (QED) is 0.155. The van der Waals surface area contributed by atoms with E-state index in [2.05, 4.69) is 147 Å². The molecule has 0 aliphatic heterocycles. The van der Waals surface area contributed by atoms with Crippen molar-refractivity contribution in [3.8, 4) is 33.6 Å². The second-order valence-electron chi connectivity index (χ2n) is 19.7. The summed E-state index contributed by atoms with van der Waals surface area (Å²) in [5.41, 5.74) is 14.0. The Hall–Kier alpha value is -5.49. The van der Waals surface area contributed by atoms with Crippen LogP contribution in [0.2, 0.25) is 0 Å². The molecular formula is C57H58FIrN3O2-2. The molecule has 0 fully saturated rings. The van der Waals surface area contributed by atoms with Gasteiger partial charge in [0.05, 0.1) is 5.58 Å². The molecule has 4 aromatic heterocycles. The van der Waals surface area contributed by atoms with E-state index in [9.17, 15) is 4.39 Å². The fourth-order valence-electron chi connectivity index (χ4n) is 8.19. The Morgan fingerprint density at radius 2 is 1.33 bits per heavy atom. The molecule has 1 radical (unpaired) electrons. The first-order chi connectivity index (χ1) is 31.0. The van der Waals surface area contributed by atoms with E-state index in [1.807, 2.05) is 30.5 Å². The molecule has 5 aromatic carbocycles. The van der Waals surface area contributed by atoms with Crippen LogP contribution in [0.3, 0.4) is 0 Å². The smallest absolute Gasteiger partial charge is 0.136 e. The predicted octanol–water partition coefficient (Wildman–Crippen LogP) is 16.4. The summed E-state index contributed by atoms with van der Waals surface area (Å²) in [6.07, 6.45) is 3.41. The van der Waals surface area contributed by atoms with Crippen molar-refractivity contribution in [3.63, 3.8) is 0 Å². The van der Waals surface area contributed by atoms with Crippen molar-refractivity contribution >= 4 is 43.9 Å². The third-order valence-corrected chi connectivity index (χ3v) is 11.9. The summed E-state index contributed by atoms with van der Waals surface area (Å²) in [5.74, 6) is 0.867. The summed E-state index contributed by atoms with van der Waals surface area (Å²) in [4.78, 5) is 13.4. The molecule has 0 saturated heterocycles. The van der Waals surface area contributed by atoms with Gasteiger partial charge in [0.15, 0.2) is 0 Å². The van der Waals surface area contributed by atoms with E-state index in [-0.39, 0.29) is 42.3 Å². The maximum absolute atomic E-state index is 12.8.